The van der Waals surface area contributed by atoms with Crippen LogP contribution >= 0.6 is 0 Å². The molecule has 2 fully saturated rings. The van der Waals surface area contributed by atoms with Crippen molar-refractivity contribution in [2.75, 3.05) is 26.3 Å². The molecule has 6 nitrogen and oxygen atoms in total. The number of hydrogen-bond acceptors (Lipinski definition) is 5. The second-order valence-corrected chi connectivity index (χ2v) is 9.66. The summed E-state index contributed by atoms with van der Waals surface area (Å²) in [5.41, 5.74) is 4.70. The number of carbonyl (C=O) groups is 1. The number of fused-ring (bicyclic) bond motifs is 1. The molecule has 176 valence electrons. The minimum atomic E-state index is -0.178. The summed E-state index contributed by atoms with van der Waals surface area (Å²) in [6.07, 6.45) is 5.83. The Labute approximate surface area is 195 Å². The molecule has 0 aromatic heterocycles. The number of ether oxygens (including phenoxy) is 2. The maximum Gasteiger partial charge on any atom is 0.251 e. The summed E-state index contributed by atoms with van der Waals surface area (Å²) in [5, 5.41) is 13.0. The minimum absolute atomic E-state index is 0.0293. The molecule has 1 aliphatic carbocycles. The van der Waals surface area contributed by atoms with E-state index >= 15 is 0 Å². The molecule has 2 heterocycles. The van der Waals surface area contributed by atoms with Crippen LogP contribution in [0.5, 0.6) is 5.75 Å². The molecule has 5 rings (SSSR count). The highest BCUT2D eigenvalue weighted by Gasteiger charge is 2.23. The standard InChI is InChI=1S/C27H34N2O4/c30-24-11-12-29(17-24)16-19-3-4-22-15-23(8-5-21(22)14-19)28-27(31)20-6-9-25(10-7-20)33-18-26-2-1-13-32-26/h3-4,6-7,9-10,14,23-24,26,30H,1-2,5,8,11-13,15-18H2,(H,28,31)/t23-,24-,26-/m0/s1. The Kier molecular flexibility index (Phi) is 6.95. The van der Waals surface area contributed by atoms with Crippen molar-refractivity contribution >= 4 is 5.91 Å². The van der Waals surface area contributed by atoms with Crippen LogP contribution in [0.3, 0.4) is 0 Å². The number of aliphatic hydroxyl groups excluding tert-OH is 1. The molecule has 2 aromatic carbocycles. The number of hydrogen-bond donors (Lipinski definition) is 2. The Hall–Kier alpha value is -2.41. The summed E-state index contributed by atoms with van der Waals surface area (Å²) < 4.78 is 11.4. The van der Waals surface area contributed by atoms with Gasteiger partial charge in [0.2, 0.25) is 0 Å². The summed E-state index contributed by atoms with van der Waals surface area (Å²) in [7, 11) is 0. The number of nitrogens with one attached hydrogen (secondary N) is 1. The van der Waals surface area contributed by atoms with Crippen molar-refractivity contribution in [1.82, 2.24) is 10.2 Å². The number of aryl methyl sites for hydroxylation is 1. The highest BCUT2D eigenvalue weighted by atomic mass is 16.5. The van der Waals surface area contributed by atoms with Crippen LogP contribution in [0.1, 0.15) is 52.7 Å². The molecule has 3 aliphatic rings. The fourth-order valence-electron chi connectivity index (χ4n) is 5.18. The molecule has 0 saturated carbocycles. The number of benzene rings is 2. The topological polar surface area (TPSA) is 71.0 Å². The zero-order chi connectivity index (χ0) is 22.6. The van der Waals surface area contributed by atoms with Crippen LogP contribution < -0.4 is 10.1 Å². The van der Waals surface area contributed by atoms with E-state index in [1.807, 2.05) is 24.3 Å². The Balaban J connectivity index is 1.12. The quantitative estimate of drug-likeness (QED) is 0.678. The lowest BCUT2D eigenvalue weighted by molar-refractivity contribution is 0.0679. The van der Waals surface area contributed by atoms with Crippen molar-refractivity contribution in [3.05, 3.63) is 64.7 Å². The number of nitrogens with zero attached hydrogens (tertiary/aromatic N) is 1. The van der Waals surface area contributed by atoms with E-state index in [1.165, 1.54) is 16.7 Å². The predicted molar refractivity (Wildman–Crippen MR) is 127 cm³/mol. The average molecular weight is 451 g/mol. The lowest BCUT2D eigenvalue weighted by atomic mass is 9.87. The van der Waals surface area contributed by atoms with E-state index in [9.17, 15) is 9.90 Å². The van der Waals surface area contributed by atoms with Gasteiger partial charge in [-0.2, -0.15) is 0 Å². The van der Waals surface area contributed by atoms with Gasteiger partial charge in [0, 0.05) is 37.8 Å². The van der Waals surface area contributed by atoms with Gasteiger partial charge >= 0.3 is 0 Å². The molecule has 0 unspecified atom stereocenters. The fraction of sp³-hybridized carbons (Fsp3) is 0.519. The number of likely N-dealkylation sites (tertiary alicyclic amines) is 1. The first kappa shape index (κ1) is 22.4. The lowest BCUT2D eigenvalue weighted by Crippen LogP contribution is -2.38. The van der Waals surface area contributed by atoms with Gasteiger partial charge in [0.05, 0.1) is 12.2 Å². The third kappa shape index (κ3) is 5.75. The van der Waals surface area contributed by atoms with Crippen molar-refractivity contribution in [1.29, 1.82) is 0 Å². The van der Waals surface area contributed by atoms with E-state index in [4.69, 9.17) is 9.47 Å². The maximum atomic E-state index is 12.8. The zero-order valence-corrected chi connectivity index (χ0v) is 19.2. The summed E-state index contributed by atoms with van der Waals surface area (Å²) in [5.74, 6) is 0.742. The van der Waals surface area contributed by atoms with E-state index in [2.05, 4.69) is 28.4 Å². The molecular formula is C27H34N2O4. The predicted octanol–water partition coefficient (Wildman–Crippen LogP) is 3.10. The smallest absolute Gasteiger partial charge is 0.251 e. The molecule has 2 saturated heterocycles. The van der Waals surface area contributed by atoms with Crippen molar-refractivity contribution in [2.24, 2.45) is 0 Å². The molecule has 1 amide bonds. The van der Waals surface area contributed by atoms with E-state index in [-0.39, 0.29) is 24.2 Å². The highest BCUT2D eigenvalue weighted by molar-refractivity contribution is 5.94. The maximum absolute atomic E-state index is 12.8. The number of β-amino-alcohol motifs (C(OH)–C–C–N with tert-alkyl or cyclic N) is 1. The Morgan fingerprint density at radius 1 is 1.12 bits per heavy atom. The van der Waals surface area contributed by atoms with Gasteiger partial charge in [-0.05, 0) is 79.5 Å². The lowest BCUT2D eigenvalue weighted by Gasteiger charge is -2.26. The van der Waals surface area contributed by atoms with Gasteiger partial charge in [0.25, 0.3) is 5.91 Å². The molecule has 0 spiro atoms. The van der Waals surface area contributed by atoms with E-state index < -0.39 is 0 Å². The Morgan fingerprint density at radius 2 is 2.00 bits per heavy atom. The average Bonchev–Trinajstić information content (AvgIpc) is 3.50. The molecule has 0 radical (unpaired) electrons. The molecule has 3 atom stereocenters. The summed E-state index contributed by atoms with van der Waals surface area (Å²) in [4.78, 5) is 15.1. The Morgan fingerprint density at radius 3 is 2.76 bits per heavy atom. The first-order valence-electron chi connectivity index (χ1n) is 12.3. The molecular weight excluding hydrogens is 416 g/mol. The molecule has 2 aliphatic heterocycles. The van der Waals surface area contributed by atoms with Crippen LogP contribution in [0, 0.1) is 0 Å². The first-order chi connectivity index (χ1) is 16.1. The Bertz CT molecular complexity index is 955. The highest BCUT2D eigenvalue weighted by Crippen LogP contribution is 2.25. The van der Waals surface area contributed by atoms with Crippen molar-refractivity contribution in [3.63, 3.8) is 0 Å². The number of amides is 1. The van der Waals surface area contributed by atoms with Crippen LogP contribution in [0.4, 0.5) is 0 Å². The summed E-state index contributed by atoms with van der Waals surface area (Å²) >= 11 is 0. The molecule has 2 N–H and O–H groups in total. The zero-order valence-electron chi connectivity index (χ0n) is 19.2. The van der Waals surface area contributed by atoms with Gasteiger partial charge in [-0.15, -0.1) is 0 Å². The molecule has 2 aromatic rings. The van der Waals surface area contributed by atoms with Crippen LogP contribution in [-0.4, -0.2) is 60.5 Å². The van der Waals surface area contributed by atoms with Crippen LogP contribution in [0.25, 0.3) is 0 Å². The second-order valence-electron chi connectivity index (χ2n) is 9.66. The van der Waals surface area contributed by atoms with Gasteiger partial charge in [-0.3, -0.25) is 9.69 Å². The van der Waals surface area contributed by atoms with Crippen molar-refractivity contribution < 1.29 is 19.4 Å². The summed E-state index contributed by atoms with van der Waals surface area (Å²) in [6.45, 7) is 4.03. The van der Waals surface area contributed by atoms with E-state index in [0.29, 0.717) is 12.2 Å². The monoisotopic (exact) mass is 450 g/mol. The second kappa shape index (κ2) is 10.2. The van der Waals surface area contributed by atoms with Gasteiger partial charge in [-0.1, -0.05) is 18.2 Å². The third-order valence-electron chi connectivity index (χ3n) is 7.06. The molecule has 6 heteroatoms. The normalized spacial score (nSPS) is 25.1. The number of aliphatic hydroxyl groups is 1. The van der Waals surface area contributed by atoms with Gasteiger partial charge in [0.1, 0.15) is 12.4 Å². The fourth-order valence-corrected chi connectivity index (χ4v) is 5.18. The van der Waals surface area contributed by atoms with Gasteiger partial charge in [0.15, 0.2) is 0 Å². The number of carbonyl (C=O) groups excluding carboxylic acids is 1. The van der Waals surface area contributed by atoms with E-state index in [1.54, 1.807) is 0 Å². The molecule has 33 heavy (non-hydrogen) atoms. The SMILES string of the molecule is O=C(N[C@H]1CCc2cc(CN3CC[C@H](O)C3)ccc2C1)c1ccc(OC[C@@H]2CCCO2)cc1. The minimum Gasteiger partial charge on any atom is -0.491 e. The van der Waals surface area contributed by atoms with Crippen molar-refractivity contribution in [2.45, 2.75) is 63.3 Å². The van der Waals surface area contributed by atoms with E-state index in [0.717, 1.165) is 70.5 Å². The third-order valence-corrected chi connectivity index (χ3v) is 7.06. The van der Waals surface area contributed by atoms with Gasteiger partial charge < -0.3 is 19.9 Å². The number of rotatable bonds is 7. The van der Waals surface area contributed by atoms with Gasteiger partial charge in [-0.25, -0.2) is 0 Å². The van der Waals surface area contributed by atoms with Crippen LogP contribution in [0.2, 0.25) is 0 Å². The van der Waals surface area contributed by atoms with Crippen LogP contribution in [0.15, 0.2) is 42.5 Å². The first-order valence-corrected chi connectivity index (χ1v) is 12.3. The summed E-state index contributed by atoms with van der Waals surface area (Å²) in [6, 6.07) is 14.3. The molecule has 0 bridgehead atoms. The largest absolute Gasteiger partial charge is 0.491 e. The van der Waals surface area contributed by atoms with Crippen LogP contribution in [-0.2, 0) is 24.1 Å². The van der Waals surface area contributed by atoms with Crippen molar-refractivity contribution in [3.8, 4) is 5.75 Å².